The number of unbranched alkanes of at least 4 members (excludes halogenated alkanes) is 3. The molecule has 0 N–H and O–H groups in total. The molecule has 1 saturated carbocycles. The first-order valence-corrected chi connectivity index (χ1v) is 13.5. The number of benzene rings is 1. The van der Waals surface area contributed by atoms with Gasteiger partial charge in [0.15, 0.2) is 0 Å². The Kier molecular flexibility index (Phi) is 13.1. The second kappa shape index (κ2) is 15.6. The Labute approximate surface area is 193 Å². The van der Waals surface area contributed by atoms with Gasteiger partial charge in [0.05, 0.1) is 12.7 Å². The van der Waals surface area contributed by atoms with Crippen LogP contribution in [0.3, 0.4) is 0 Å². The monoisotopic (exact) mass is 430 g/mol. The Morgan fingerprint density at radius 1 is 0.774 bits per heavy atom. The highest BCUT2D eigenvalue weighted by atomic mass is 16.5. The standard InChI is InChI=1S/C29H50O2/c1-5-7-8-9-11-25(4)31-29-21-19-28(20-22-29)30-23-10-12-26-15-17-27(18-16-26)14-13-24(3)6-2/h19-22,24-27H,5-18,23H2,1-4H3/t24-,25+,26?,27?/m0/s1. The van der Waals surface area contributed by atoms with Crippen LogP contribution in [0.15, 0.2) is 24.3 Å². The Morgan fingerprint density at radius 3 is 2.06 bits per heavy atom. The summed E-state index contributed by atoms with van der Waals surface area (Å²) in [6.07, 6.45) is 19.1. The first-order valence-electron chi connectivity index (χ1n) is 13.5. The molecule has 0 aromatic heterocycles. The van der Waals surface area contributed by atoms with E-state index in [-0.39, 0.29) is 6.10 Å². The Morgan fingerprint density at radius 2 is 1.42 bits per heavy atom. The lowest BCUT2D eigenvalue weighted by Crippen LogP contribution is -2.16. The van der Waals surface area contributed by atoms with Gasteiger partial charge in [0.1, 0.15) is 11.5 Å². The third-order valence-electron chi connectivity index (χ3n) is 7.38. The first kappa shape index (κ1) is 26.1. The van der Waals surface area contributed by atoms with Crippen LogP contribution in [0.25, 0.3) is 0 Å². The summed E-state index contributed by atoms with van der Waals surface area (Å²) >= 11 is 0. The fourth-order valence-corrected chi connectivity index (χ4v) is 4.86. The SMILES string of the molecule is CCCCCC[C@@H](C)Oc1ccc(OCCCC2CCC(CC[C@@H](C)CC)CC2)cc1. The smallest absolute Gasteiger partial charge is 0.119 e. The lowest BCUT2D eigenvalue weighted by Gasteiger charge is -2.29. The quantitative estimate of drug-likeness (QED) is 0.243. The number of hydrogen-bond donors (Lipinski definition) is 0. The van der Waals surface area contributed by atoms with Gasteiger partial charge < -0.3 is 9.47 Å². The molecule has 2 atom stereocenters. The van der Waals surface area contributed by atoms with Crippen LogP contribution in [0.2, 0.25) is 0 Å². The lowest BCUT2D eigenvalue weighted by atomic mass is 9.77. The van der Waals surface area contributed by atoms with Crippen LogP contribution < -0.4 is 9.47 Å². The molecule has 31 heavy (non-hydrogen) atoms. The second-order valence-electron chi connectivity index (χ2n) is 10.2. The van der Waals surface area contributed by atoms with Crippen molar-refractivity contribution in [3.8, 4) is 11.5 Å². The van der Waals surface area contributed by atoms with Crippen molar-refractivity contribution >= 4 is 0 Å². The predicted molar refractivity (Wildman–Crippen MR) is 134 cm³/mol. The van der Waals surface area contributed by atoms with Crippen molar-refractivity contribution in [2.45, 2.75) is 124 Å². The zero-order valence-electron chi connectivity index (χ0n) is 21.0. The summed E-state index contributed by atoms with van der Waals surface area (Å²) in [6, 6.07) is 8.22. The fourth-order valence-electron chi connectivity index (χ4n) is 4.86. The fraction of sp³-hybridized carbons (Fsp3) is 0.793. The third-order valence-corrected chi connectivity index (χ3v) is 7.38. The minimum absolute atomic E-state index is 0.286. The summed E-state index contributed by atoms with van der Waals surface area (Å²) in [6.45, 7) is 9.99. The zero-order valence-corrected chi connectivity index (χ0v) is 21.0. The van der Waals surface area contributed by atoms with Crippen LogP contribution in [-0.4, -0.2) is 12.7 Å². The van der Waals surface area contributed by atoms with Crippen molar-refractivity contribution in [1.29, 1.82) is 0 Å². The Bertz CT molecular complexity index is 544. The molecule has 0 heterocycles. The van der Waals surface area contributed by atoms with Crippen molar-refractivity contribution in [3.63, 3.8) is 0 Å². The maximum atomic E-state index is 6.04. The van der Waals surface area contributed by atoms with Gasteiger partial charge in [-0.05, 0) is 74.6 Å². The first-order chi connectivity index (χ1) is 15.1. The molecule has 0 bridgehead atoms. The molecule has 1 fully saturated rings. The van der Waals surface area contributed by atoms with Crippen LogP contribution in [0.5, 0.6) is 11.5 Å². The molecule has 0 spiro atoms. The molecule has 178 valence electrons. The molecule has 0 unspecified atom stereocenters. The van der Waals surface area contributed by atoms with Crippen LogP contribution >= 0.6 is 0 Å². The maximum absolute atomic E-state index is 6.04. The largest absolute Gasteiger partial charge is 0.494 e. The van der Waals surface area contributed by atoms with Crippen molar-refractivity contribution < 1.29 is 9.47 Å². The molecule has 0 radical (unpaired) electrons. The highest BCUT2D eigenvalue weighted by molar-refractivity contribution is 5.31. The summed E-state index contributed by atoms with van der Waals surface area (Å²) in [5, 5.41) is 0. The predicted octanol–water partition coefficient (Wildman–Crippen LogP) is 9.22. The van der Waals surface area contributed by atoms with E-state index in [1.165, 1.54) is 83.5 Å². The minimum atomic E-state index is 0.286. The van der Waals surface area contributed by atoms with Gasteiger partial charge in [-0.25, -0.2) is 0 Å². The minimum Gasteiger partial charge on any atom is -0.494 e. The van der Waals surface area contributed by atoms with E-state index in [0.717, 1.165) is 42.3 Å². The van der Waals surface area contributed by atoms with Crippen molar-refractivity contribution in [2.75, 3.05) is 6.61 Å². The normalized spacial score (nSPS) is 20.9. The molecule has 1 aliphatic rings. The van der Waals surface area contributed by atoms with Gasteiger partial charge in [-0.1, -0.05) is 85.0 Å². The second-order valence-corrected chi connectivity index (χ2v) is 10.2. The number of rotatable bonds is 16. The third kappa shape index (κ3) is 11.3. The summed E-state index contributed by atoms with van der Waals surface area (Å²) < 4.78 is 12.0. The van der Waals surface area contributed by atoms with Gasteiger partial charge in [0, 0.05) is 0 Å². The Hall–Kier alpha value is -1.18. The molecule has 1 aliphatic carbocycles. The summed E-state index contributed by atoms with van der Waals surface area (Å²) in [4.78, 5) is 0. The summed E-state index contributed by atoms with van der Waals surface area (Å²) in [7, 11) is 0. The van der Waals surface area contributed by atoms with E-state index in [4.69, 9.17) is 9.47 Å². The van der Waals surface area contributed by atoms with E-state index in [0.29, 0.717) is 0 Å². The van der Waals surface area contributed by atoms with Crippen LogP contribution in [-0.2, 0) is 0 Å². The van der Waals surface area contributed by atoms with E-state index >= 15 is 0 Å². The molecular weight excluding hydrogens is 380 g/mol. The summed E-state index contributed by atoms with van der Waals surface area (Å²) in [5.41, 5.74) is 0. The Balaban J connectivity index is 1.54. The zero-order chi connectivity index (χ0) is 22.3. The van der Waals surface area contributed by atoms with Gasteiger partial charge in [0.2, 0.25) is 0 Å². The van der Waals surface area contributed by atoms with Gasteiger partial charge in [-0.2, -0.15) is 0 Å². The van der Waals surface area contributed by atoms with Gasteiger partial charge in [-0.3, -0.25) is 0 Å². The molecule has 2 rings (SSSR count). The van der Waals surface area contributed by atoms with Gasteiger partial charge in [-0.15, -0.1) is 0 Å². The average molecular weight is 431 g/mol. The molecule has 0 saturated heterocycles. The van der Waals surface area contributed by atoms with E-state index in [1.54, 1.807) is 0 Å². The topological polar surface area (TPSA) is 18.5 Å². The molecule has 1 aromatic carbocycles. The highest BCUT2D eigenvalue weighted by Crippen LogP contribution is 2.34. The van der Waals surface area contributed by atoms with Crippen LogP contribution in [0, 0.1) is 17.8 Å². The molecular formula is C29H50O2. The molecule has 2 heteroatoms. The van der Waals surface area contributed by atoms with Crippen molar-refractivity contribution in [3.05, 3.63) is 24.3 Å². The average Bonchev–Trinajstić information content (AvgIpc) is 2.80. The lowest BCUT2D eigenvalue weighted by molar-refractivity contribution is 0.205. The van der Waals surface area contributed by atoms with E-state index in [9.17, 15) is 0 Å². The molecule has 0 amide bonds. The highest BCUT2D eigenvalue weighted by Gasteiger charge is 2.21. The van der Waals surface area contributed by atoms with Crippen molar-refractivity contribution in [1.82, 2.24) is 0 Å². The molecule has 1 aromatic rings. The van der Waals surface area contributed by atoms with E-state index in [1.807, 2.05) is 0 Å². The summed E-state index contributed by atoms with van der Waals surface area (Å²) in [5.74, 6) is 4.77. The van der Waals surface area contributed by atoms with Crippen molar-refractivity contribution in [2.24, 2.45) is 17.8 Å². The van der Waals surface area contributed by atoms with E-state index in [2.05, 4.69) is 52.0 Å². The van der Waals surface area contributed by atoms with E-state index < -0.39 is 0 Å². The van der Waals surface area contributed by atoms with Gasteiger partial charge >= 0.3 is 0 Å². The molecule has 2 nitrogen and oxygen atoms in total. The maximum Gasteiger partial charge on any atom is 0.119 e. The number of ether oxygens (including phenoxy) is 2. The number of hydrogen-bond acceptors (Lipinski definition) is 2. The molecule has 0 aliphatic heterocycles. The van der Waals surface area contributed by atoms with Crippen LogP contribution in [0.1, 0.15) is 118 Å². The van der Waals surface area contributed by atoms with Crippen LogP contribution in [0.4, 0.5) is 0 Å². The van der Waals surface area contributed by atoms with Gasteiger partial charge in [0.25, 0.3) is 0 Å².